The van der Waals surface area contributed by atoms with E-state index in [1.807, 2.05) is 30.3 Å². The average molecular weight is 449 g/mol. The molecule has 0 spiro atoms. The van der Waals surface area contributed by atoms with Crippen molar-refractivity contribution in [3.05, 3.63) is 141 Å². The largest absolute Gasteiger partial charge is 0.0622 e. The Kier molecular flexibility index (Phi) is 7.87. The number of hydrogen-bond acceptors (Lipinski definition) is 0. The molecule has 0 aliphatic carbocycles. The minimum Gasteiger partial charge on any atom is -0.0622 e. The molecule has 0 bridgehead atoms. The van der Waals surface area contributed by atoms with Crippen LogP contribution < -0.4 is 0 Å². The topological polar surface area (TPSA) is 0 Å². The molecule has 0 saturated carbocycles. The molecule has 0 atom stereocenters. The molecule has 4 rings (SSSR count). The molecule has 0 heteroatoms. The van der Waals surface area contributed by atoms with E-state index in [1.54, 1.807) is 0 Å². The molecule has 35 heavy (non-hydrogen) atoms. The van der Waals surface area contributed by atoms with E-state index in [2.05, 4.69) is 117 Å². The molecular formula is C35H28. The van der Waals surface area contributed by atoms with Crippen LogP contribution in [0, 0.1) is 42.4 Å². The zero-order chi connectivity index (χ0) is 24.5. The number of hydrogen-bond donors (Lipinski definition) is 0. The Hall–Kier alpha value is -4.44. The first-order valence-corrected chi connectivity index (χ1v) is 12.1. The van der Waals surface area contributed by atoms with Gasteiger partial charge in [0.1, 0.15) is 0 Å². The van der Waals surface area contributed by atoms with E-state index in [4.69, 9.17) is 0 Å². The maximum Gasteiger partial charge on any atom is 0.0281 e. The highest BCUT2D eigenvalue weighted by Gasteiger charge is 2.01. The molecule has 0 amide bonds. The summed E-state index contributed by atoms with van der Waals surface area (Å²) in [4.78, 5) is 0. The maximum absolute atomic E-state index is 3.34. The van der Waals surface area contributed by atoms with Crippen LogP contribution in [0.25, 0.3) is 0 Å². The summed E-state index contributed by atoms with van der Waals surface area (Å²) in [6.45, 7) is 6.40. The molecule has 0 radical (unpaired) electrons. The Morgan fingerprint density at radius 3 is 1.37 bits per heavy atom. The molecule has 0 aromatic heterocycles. The molecule has 0 fully saturated rings. The zero-order valence-electron chi connectivity index (χ0n) is 20.6. The molecular weight excluding hydrogens is 420 g/mol. The monoisotopic (exact) mass is 448 g/mol. The minimum absolute atomic E-state index is 0.919. The van der Waals surface area contributed by atoms with Gasteiger partial charge in [0.25, 0.3) is 0 Å². The lowest BCUT2D eigenvalue weighted by Crippen LogP contribution is -1.91. The smallest absolute Gasteiger partial charge is 0.0281 e. The van der Waals surface area contributed by atoms with Gasteiger partial charge in [-0.05, 0) is 91.6 Å². The SMILES string of the molecule is CCc1cc(C#Cc2ccc(C#Cc3ccc(C)cc3)c(CC)c2)ccc1C#Cc1ccccc1. The fourth-order valence-electron chi connectivity index (χ4n) is 3.75. The summed E-state index contributed by atoms with van der Waals surface area (Å²) in [5.74, 6) is 19.9. The molecule has 0 heterocycles. The first-order chi connectivity index (χ1) is 17.1. The van der Waals surface area contributed by atoms with Crippen molar-refractivity contribution in [1.29, 1.82) is 0 Å². The summed E-state index contributed by atoms with van der Waals surface area (Å²) in [5.41, 5.74) is 9.88. The van der Waals surface area contributed by atoms with Crippen LogP contribution in [-0.2, 0) is 12.8 Å². The molecule has 4 aromatic rings. The van der Waals surface area contributed by atoms with Crippen molar-refractivity contribution in [3.8, 4) is 35.5 Å². The van der Waals surface area contributed by atoms with Crippen molar-refractivity contribution < 1.29 is 0 Å². The molecule has 0 aliphatic rings. The molecule has 0 aliphatic heterocycles. The standard InChI is InChI=1S/C35H28/c1-4-32-25-30(19-23-34(32)21-17-28-9-7-6-8-10-28)15-16-31-20-24-35(33(5-2)26-31)22-18-29-13-11-27(3)12-14-29/h6-14,19-20,23-26H,4-5H2,1-3H3. The van der Waals surface area contributed by atoms with Gasteiger partial charge in [-0.2, -0.15) is 0 Å². The number of benzene rings is 4. The summed E-state index contributed by atoms with van der Waals surface area (Å²) in [6, 6.07) is 31.0. The van der Waals surface area contributed by atoms with Crippen LogP contribution in [0.4, 0.5) is 0 Å². The third-order valence-electron chi connectivity index (χ3n) is 5.83. The molecule has 4 aromatic carbocycles. The summed E-state index contributed by atoms with van der Waals surface area (Å²) in [6.07, 6.45) is 1.84. The second-order valence-electron chi connectivity index (χ2n) is 8.43. The van der Waals surface area contributed by atoms with Crippen LogP contribution in [-0.4, -0.2) is 0 Å². The van der Waals surface area contributed by atoms with E-state index in [0.717, 1.165) is 46.2 Å². The van der Waals surface area contributed by atoms with Gasteiger partial charge in [-0.25, -0.2) is 0 Å². The molecule has 0 N–H and O–H groups in total. The quantitative estimate of drug-likeness (QED) is 0.282. The fourth-order valence-corrected chi connectivity index (χ4v) is 3.75. The lowest BCUT2D eigenvalue weighted by molar-refractivity contribution is 1.13. The van der Waals surface area contributed by atoms with Crippen LogP contribution in [0.1, 0.15) is 63.9 Å². The zero-order valence-corrected chi connectivity index (χ0v) is 20.6. The van der Waals surface area contributed by atoms with Gasteiger partial charge < -0.3 is 0 Å². The molecule has 0 unspecified atom stereocenters. The highest BCUT2D eigenvalue weighted by Crippen LogP contribution is 2.14. The molecule has 0 nitrogen and oxygen atoms in total. The summed E-state index contributed by atoms with van der Waals surface area (Å²) in [5, 5.41) is 0. The van der Waals surface area contributed by atoms with Gasteiger partial charge in [-0.15, -0.1) is 0 Å². The van der Waals surface area contributed by atoms with Crippen LogP contribution in [0.2, 0.25) is 0 Å². The van der Waals surface area contributed by atoms with Crippen molar-refractivity contribution >= 4 is 0 Å². The van der Waals surface area contributed by atoms with Gasteiger partial charge in [-0.3, -0.25) is 0 Å². The fraction of sp³-hybridized carbons (Fsp3) is 0.143. The average Bonchev–Trinajstić information content (AvgIpc) is 2.91. The Bertz CT molecular complexity index is 1500. The predicted molar refractivity (Wildman–Crippen MR) is 147 cm³/mol. The summed E-state index contributed by atoms with van der Waals surface area (Å²) < 4.78 is 0. The van der Waals surface area contributed by atoms with Crippen LogP contribution in [0.15, 0.2) is 91.0 Å². The van der Waals surface area contributed by atoms with Gasteiger partial charge >= 0.3 is 0 Å². The van der Waals surface area contributed by atoms with Crippen molar-refractivity contribution in [2.75, 3.05) is 0 Å². The summed E-state index contributed by atoms with van der Waals surface area (Å²) in [7, 11) is 0. The third kappa shape index (κ3) is 6.55. The first kappa shape index (κ1) is 23.7. The summed E-state index contributed by atoms with van der Waals surface area (Å²) >= 11 is 0. The van der Waals surface area contributed by atoms with Crippen LogP contribution in [0.3, 0.4) is 0 Å². The van der Waals surface area contributed by atoms with E-state index < -0.39 is 0 Å². The van der Waals surface area contributed by atoms with Crippen LogP contribution in [0.5, 0.6) is 0 Å². The van der Waals surface area contributed by atoms with Crippen LogP contribution >= 0.6 is 0 Å². The molecule has 0 saturated heterocycles. The van der Waals surface area contributed by atoms with Crippen molar-refractivity contribution in [3.63, 3.8) is 0 Å². The minimum atomic E-state index is 0.919. The first-order valence-electron chi connectivity index (χ1n) is 12.1. The lowest BCUT2D eigenvalue weighted by Gasteiger charge is -2.03. The Morgan fingerprint density at radius 1 is 0.457 bits per heavy atom. The second kappa shape index (κ2) is 11.6. The van der Waals surface area contributed by atoms with Crippen molar-refractivity contribution in [1.82, 2.24) is 0 Å². The van der Waals surface area contributed by atoms with Gasteiger partial charge in [0.05, 0.1) is 0 Å². The van der Waals surface area contributed by atoms with Gasteiger partial charge in [0, 0.05) is 33.4 Å². The van der Waals surface area contributed by atoms with Crippen molar-refractivity contribution in [2.45, 2.75) is 33.6 Å². The van der Waals surface area contributed by atoms with E-state index in [9.17, 15) is 0 Å². The number of aryl methyl sites for hydroxylation is 3. The van der Waals surface area contributed by atoms with Gasteiger partial charge in [0.15, 0.2) is 0 Å². The van der Waals surface area contributed by atoms with Gasteiger partial charge in [0.2, 0.25) is 0 Å². The Labute approximate surface area is 210 Å². The Balaban J connectivity index is 1.55. The number of rotatable bonds is 2. The van der Waals surface area contributed by atoms with Crippen molar-refractivity contribution in [2.24, 2.45) is 0 Å². The maximum atomic E-state index is 3.34. The third-order valence-corrected chi connectivity index (χ3v) is 5.83. The van der Waals surface area contributed by atoms with Gasteiger partial charge in [-0.1, -0.05) is 85.3 Å². The second-order valence-corrected chi connectivity index (χ2v) is 8.43. The van der Waals surface area contributed by atoms with E-state index >= 15 is 0 Å². The molecule has 168 valence electrons. The highest BCUT2D eigenvalue weighted by atomic mass is 14.0. The normalized spacial score (nSPS) is 9.69. The lowest BCUT2D eigenvalue weighted by atomic mass is 10.0. The Morgan fingerprint density at radius 2 is 0.886 bits per heavy atom. The predicted octanol–water partition coefficient (Wildman–Crippen LogP) is 7.32. The van der Waals surface area contributed by atoms with E-state index in [0.29, 0.717) is 0 Å². The van der Waals surface area contributed by atoms with E-state index in [-0.39, 0.29) is 0 Å². The van der Waals surface area contributed by atoms with E-state index in [1.165, 1.54) is 16.7 Å². The highest BCUT2D eigenvalue weighted by molar-refractivity contribution is 5.54.